The second-order valence-corrected chi connectivity index (χ2v) is 6.75. The van der Waals surface area contributed by atoms with Crippen molar-refractivity contribution in [3.8, 4) is 0 Å². The molecule has 0 aromatic heterocycles. The Hall–Kier alpha value is -2.53. The van der Waals surface area contributed by atoms with Crippen LogP contribution in [0.25, 0.3) is 0 Å². The van der Waals surface area contributed by atoms with Crippen molar-refractivity contribution in [3.05, 3.63) is 53.6 Å². The number of nitrogens with one attached hydrogen (secondary N) is 1. The average molecular weight is 372 g/mol. The molecule has 1 heterocycles. The number of nitrogen functional groups attached to an aromatic ring is 1. The zero-order valence-electron chi connectivity index (χ0n) is 14.4. The molecule has 1 fully saturated rings. The van der Waals surface area contributed by atoms with Crippen molar-refractivity contribution in [2.75, 3.05) is 22.5 Å². The molecule has 2 aromatic carbocycles. The van der Waals surface area contributed by atoms with E-state index in [2.05, 4.69) is 5.32 Å². The van der Waals surface area contributed by atoms with Crippen LogP contribution in [0.3, 0.4) is 0 Å². The largest absolute Gasteiger partial charge is 0.398 e. The Morgan fingerprint density at radius 2 is 1.81 bits per heavy atom. The number of halogens is 1. The van der Waals surface area contributed by atoms with E-state index in [4.69, 9.17) is 5.73 Å². The molecule has 0 saturated heterocycles. The van der Waals surface area contributed by atoms with Gasteiger partial charge in [-0.3, -0.25) is 9.59 Å². The van der Waals surface area contributed by atoms with Crippen LogP contribution in [0.15, 0.2) is 42.5 Å². The van der Waals surface area contributed by atoms with E-state index in [1.807, 2.05) is 18.2 Å². The molecule has 4 rings (SSSR count). The van der Waals surface area contributed by atoms with E-state index in [9.17, 15) is 9.59 Å². The molecular formula is C20H22ClN3O2. The molecule has 0 atom stereocenters. The molecule has 26 heavy (non-hydrogen) atoms. The molecule has 0 bridgehead atoms. The Bertz CT molecular complexity index is 831. The number of rotatable bonds is 3. The van der Waals surface area contributed by atoms with E-state index in [1.165, 1.54) is 0 Å². The SMILES string of the molecule is Cl.Nc1cccc2c1CCCN2C(=O)c1ccc(NC(=O)C2CC2)cc1. The first-order valence-electron chi connectivity index (χ1n) is 8.73. The van der Waals surface area contributed by atoms with Crippen molar-refractivity contribution in [3.63, 3.8) is 0 Å². The molecule has 5 nitrogen and oxygen atoms in total. The number of carbonyl (C=O) groups excluding carboxylic acids is 2. The Morgan fingerprint density at radius 1 is 1.08 bits per heavy atom. The zero-order valence-corrected chi connectivity index (χ0v) is 15.2. The van der Waals surface area contributed by atoms with Crippen molar-refractivity contribution in [1.82, 2.24) is 0 Å². The lowest BCUT2D eigenvalue weighted by Gasteiger charge is -2.30. The number of carbonyl (C=O) groups is 2. The predicted octanol–water partition coefficient (Wildman–Crippen LogP) is 3.63. The molecule has 2 aliphatic rings. The van der Waals surface area contributed by atoms with Crippen LogP contribution in [0.1, 0.15) is 35.2 Å². The number of benzene rings is 2. The number of nitrogens with two attached hydrogens (primary N) is 1. The smallest absolute Gasteiger partial charge is 0.258 e. The summed E-state index contributed by atoms with van der Waals surface area (Å²) >= 11 is 0. The molecule has 2 aromatic rings. The van der Waals surface area contributed by atoms with E-state index < -0.39 is 0 Å². The highest BCUT2D eigenvalue weighted by molar-refractivity contribution is 6.07. The van der Waals surface area contributed by atoms with E-state index in [-0.39, 0.29) is 30.1 Å². The molecule has 3 N–H and O–H groups in total. The lowest BCUT2D eigenvalue weighted by molar-refractivity contribution is -0.117. The van der Waals surface area contributed by atoms with Crippen LogP contribution < -0.4 is 16.0 Å². The molecule has 1 aliphatic carbocycles. The normalized spacial score (nSPS) is 15.6. The van der Waals surface area contributed by atoms with Gasteiger partial charge in [0.05, 0.1) is 0 Å². The van der Waals surface area contributed by atoms with Gasteiger partial charge < -0.3 is 16.0 Å². The summed E-state index contributed by atoms with van der Waals surface area (Å²) in [7, 11) is 0. The van der Waals surface area contributed by atoms with Gasteiger partial charge in [-0.15, -0.1) is 12.4 Å². The Labute approximate surface area is 159 Å². The van der Waals surface area contributed by atoms with Gasteiger partial charge in [-0.1, -0.05) is 6.07 Å². The lowest BCUT2D eigenvalue weighted by Crippen LogP contribution is -2.35. The monoisotopic (exact) mass is 371 g/mol. The summed E-state index contributed by atoms with van der Waals surface area (Å²) in [5, 5.41) is 2.89. The first kappa shape index (κ1) is 18.3. The van der Waals surface area contributed by atoms with Crippen LogP contribution in [0.2, 0.25) is 0 Å². The number of hydrogen-bond acceptors (Lipinski definition) is 3. The summed E-state index contributed by atoms with van der Waals surface area (Å²) in [5.41, 5.74) is 10.1. The van der Waals surface area contributed by atoms with Gasteiger partial charge in [0, 0.05) is 35.1 Å². The molecule has 136 valence electrons. The third kappa shape index (κ3) is 3.53. The fourth-order valence-corrected chi connectivity index (χ4v) is 3.30. The minimum atomic E-state index is -0.0355. The third-order valence-corrected chi connectivity index (χ3v) is 4.88. The van der Waals surface area contributed by atoms with Crippen molar-refractivity contribution in [2.24, 2.45) is 5.92 Å². The summed E-state index contributed by atoms with van der Waals surface area (Å²) < 4.78 is 0. The molecule has 1 saturated carbocycles. The first-order valence-corrected chi connectivity index (χ1v) is 8.73. The molecule has 6 heteroatoms. The highest BCUT2D eigenvalue weighted by atomic mass is 35.5. The minimum absolute atomic E-state index is 0. The number of amides is 2. The fourth-order valence-electron chi connectivity index (χ4n) is 3.30. The maximum atomic E-state index is 12.9. The van der Waals surface area contributed by atoms with Crippen molar-refractivity contribution in [1.29, 1.82) is 0 Å². The van der Waals surface area contributed by atoms with Gasteiger partial charge in [-0.2, -0.15) is 0 Å². The zero-order chi connectivity index (χ0) is 17.4. The highest BCUT2D eigenvalue weighted by Crippen LogP contribution is 2.33. The van der Waals surface area contributed by atoms with Crippen LogP contribution >= 0.6 is 12.4 Å². The number of hydrogen-bond donors (Lipinski definition) is 2. The summed E-state index contributed by atoms with van der Waals surface area (Å²) in [4.78, 5) is 26.5. The number of anilines is 3. The summed E-state index contributed by atoms with van der Waals surface area (Å²) in [5.74, 6) is 0.197. The summed E-state index contributed by atoms with van der Waals surface area (Å²) in [6, 6.07) is 12.8. The highest BCUT2D eigenvalue weighted by Gasteiger charge is 2.29. The van der Waals surface area contributed by atoms with Crippen molar-refractivity contribution >= 4 is 41.3 Å². The Morgan fingerprint density at radius 3 is 2.50 bits per heavy atom. The minimum Gasteiger partial charge on any atom is -0.398 e. The van der Waals surface area contributed by atoms with E-state index in [1.54, 1.807) is 29.2 Å². The molecule has 2 amide bonds. The average Bonchev–Trinajstić information content (AvgIpc) is 3.47. The van der Waals surface area contributed by atoms with Crippen LogP contribution in [0, 0.1) is 5.92 Å². The summed E-state index contributed by atoms with van der Waals surface area (Å²) in [6.45, 7) is 0.690. The lowest BCUT2D eigenvalue weighted by atomic mass is 9.99. The maximum Gasteiger partial charge on any atom is 0.258 e. The predicted molar refractivity (Wildman–Crippen MR) is 106 cm³/mol. The summed E-state index contributed by atoms with van der Waals surface area (Å²) in [6.07, 6.45) is 3.75. The van der Waals surface area contributed by atoms with Crippen LogP contribution in [0.4, 0.5) is 17.1 Å². The van der Waals surface area contributed by atoms with Crippen molar-refractivity contribution in [2.45, 2.75) is 25.7 Å². The van der Waals surface area contributed by atoms with Crippen LogP contribution in [-0.2, 0) is 11.2 Å². The van der Waals surface area contributed by atoms with Gasteiger partial charge in [0.25, 0.3) is 5.91 Å². The van der Waals surface area contributed by atoms with Crippen LogP contribution in [0.5, 0.6) is 0 Å². The Balaban J connectivity index is 0.00000196. The first-order chi connectivity index (χ1) is 12.1. The third-order valence-electron chi connectivity index (χ3n) is 4.88. The molecule has 0 unspecified atom stereocenters. The second kappa shape index (κ2) is 7.38. The number of fused-ring (bicyclic) bond motifs is 1. The molecule has 0 radical (unpaired) electrons. The quantitative estimate of drug-likeness (QED) is 0.809. The molecule has 0 spiro atoms. The van der Waals surface area contributed by atoms with Gasteiger partial charge in [0.2, 0.25) is 5.91 Å². The van der Waals surface area contributed by atoms with Gasteiger partial charge in [-0.25, -0.2) is 0 Å². The van der Waals surface area contributed by atoms with E-state index >= 15 is 0 Å². The topological polar surface area (TPSA) is 75.4 Å². The van der Waals surface area contributed by atoms with Gasteiger partial charge in [0.1, 0.15) is 0 Å². The Kier molecular flexibility index (Phi) is 5.18. The van der Waals surface area contributed by atoms with E-state index in [0.717, 1.165) is 48.3 Å². The standard InChI is InChI=1S/C20H21N3O2.ClH/c21-17-4-1-5-18-16(17)3-2-12-23(18)20(25)14-8-10-15(11-9-14)22-19(24)13-6-7-13;/h1,4-5,8-11,13H,2-3,6-7,12,21H2,(H,22,24);1H. The van der Waals surface area contributed by atoms with Crippen molar-refractivity contribution < 1.29 is 9.59 Å². The van der Waals surface area contributed by atoms with E-state index in [0.29, 0.717) is 12.1 Å². The second-order valence-electron chi connectivity index (χ2n) is 6.75. The fraction of sp³-hybridized carbons (Fsp3) is 0.300. The van der Waals surface area contributed by atoms with Gasteiger partial charge in [0.15, 0.2) is 0 Å². The molecular weight excluding hydrogens is 350 g/mol. The van der Waals surface area contributed by atoms with Gasteiger partial charge in [-0.05, 0) is 67.6 Å². The van der Waals surface area contributed by atoms with Gasteiger partial charge >= 0.3 is 0 Å². The maximum absolute atomic E-state index is 12.9. The molecule has 1 aliphatic heterocycles. The van der Waals surface area contributed by atoms with Crippen LogP contribution in [-0.4, -0.2) is 18.4 Å². The number of nitrogens with zero attached hydrogens (tertiary/aromatic N) is 1.